The van der Waals surface area contributed by atoms with Crippen molar-refractivity contribution in [3.63, 3.8) is 0 Å². The van der Waals surface area contributed by atoms with Gasteiger partial charge in [0.1, 0.15) is 5.71 Å². The third-order valence-corrected chi connectivity index (χ3v) is 4.93. The Morgan fingerprint density at radius 3 is 2.19 bits per heavy atom. The summed E-state index contributed by atoms with van der Waals surface area (Å²) in [5, 5.41) is 9.54. The van der Waals surface area contributed by atoms with Gasteiger partial charge in [0.25, 0.3) is 0 Å². The van der Waals surface area contributed by atoms with Crippen molar-refractivity contribution >= 4 is 21.4 Å². The molecule has 1 heterocycles. The third kappa shape index (κ3) is 3.93. The van der Waals surface area contributed by atoms with E-state index in [0.717, 1.165) is 29.3 Å². The van der Waals surface area contributed by atoms with Crippen LogP contribution in [0.15, 0.2) is 52.5 Å². The number of nitrogens with two attached hydrogens (primary N) is 1. The van der Waals surface area contributed by atoms with Crippen LogP contribution in [0.5, 0.6) is 0 Å². The van der Waals surface area contributed by atoms with Gasteiger partial charge in [0.2, 0.25) is 10.0 Å². The number of benzene rings is 2. The lowest BCUT2D eigenvalue weighted by molar-refractivity contribution is -0.0600. The van der Waals surface area contributed by atoms with Gasteiger partial charge in [-0.2, -0.15) is 18.3 Å². The summed E-state index contributed by atoms with van der Waals surface area (Å²) in [7, 11) is -3.98. The number of alkyl halides is 3. The highest BCUT2D eigenvalue weighted by atomic mass is 32.2. The van der Waals surface area contributed by atoms with Crippen molar-refractivity contribution in [1.82, 2.24) is 0 Å². The van der Waals surface area contributed by atoms with Crippen molar-refractivity contribution in [3.8, 4) is 0 Å². The van der Waals surface area contributed by atoms with Crippen LogP contribution in [0.4, 0.5) is 27.6 Å². The zero-order valence-corrected chi connectivity index (χ0v) is 14.2. The van der Waals surface area contributed by atoms with Crippen molar-refractivity contribution < 1.29 is 30.4 Å². The molecule has 5 nitrogen and oxygen atoms in total. The number of nitrogens with zero attached hydrogens (tertiary/aromatic N) is 2. The fraction of sp³-hybridized carbons (Fsp3) is 0.188. The Morgan fingerprint density at radius 2 is 1.67 bits per heavy atom. The molecule has 0 amide bonds. The van der Waals surface area contributed by atoms with Crippen LogP contribution in [0.3, 0.4) is 0 Å². The maximum Gasteiger partial charge on any atom is 0.431 e. The molecule has 3 rings (SSSR count). The average Bonchev–Trinajstić information content (AvgIpc) is 3.02. The first-order valence-corrected chi connectivity index (χ1v) is 9.03. The fourth-order valence-electron chi connectivity index (χ4n) is 2.69. The van der Waals surface area contributed by atoms with Crippen LogP contribution in [-0.4, -0.2) is 20.3 Å². The Bertz CT molecular complexity index is 1000. The number of rotatable bonds is 3. The van der Waals surface area contributed by atoms with Gasteiger partial charge in [-0.05, 0) is 42.0 Å². The van der Waals surface area contributed by atoms with Gasteiger partial charge < -0.3 is 0 Å². The van der Waals surface area contributed by atoms with E-state index in [1.54, 1.807) is 0 Å². The molecule has 11 heteroatoms. The summed E-state index contributed by atoms with van der Waals surface area (Å²) in [4.78, 5) is -0.227. The molecule has 1 aliphatic heterocycles. The molecule has 1 atom stereocenters. The zero-order chi connectivity index (χ0) is 20.0. The summed E-state index contributed by atoms with van der Waals surface area (Å²) in [5.74, 6) is -2.32. The van der Waals surface area contributed by atoms with Crippen molar-refractivity contribution in [2.75, 3.05) is 5.01 Å². The molecule has 0 radical (unpaired) electrons. The van der Waals surface area contributed by atoms with Crippen LogP contribution in [-0.2, 0) is 10.0 Å². The number of hydrogen-bond donors (Lipinski definition) is 1. The second-order valence-corrected chi connectivity index (χ2v) is 7.38. The van der Waals surface area contributed by atoms with E-state index in [4.69, 9.17) is 5.14 Å². The Labute approximate surface area is 150 Å². The molecule has 1 unspecified atom stereocenters. The minimum Gasteiger partial charge on any atom is -0.257 e. The SMILES string of the molecule is NS(=O)(=O)c1ccc(N2N=C(C(F)(F)F)CC2c2ccc(F)c(F)c2)cc1. The van der Waals surface area contributed by atoms with E-state index in [1.165, 1.54) is 18.2 Å². The standard InChI is InChI=1S/C16H12F5N3O2S/c17-12-6-1-9(7-13(12)18)14-8-15(16(19,20)21)23-24(14)10-2-4-11(5-3-10)27(22,25)26/h1-7,14H,8H2,(H2,22,25,26). The fourth-order valence-corrected chi connectivity index (χ4v) is 3.20. The molecule has 0 saturated heterocycles. The number of anilines is 1. The van der Waals surface area contributed by atoms with E-state index >= 15 is 0 Å². The predicted molar refractivity (Wildman–Crippen MR) is 87.5 cm³/mol. The summed E-state index contributed by atoms with van der Waals surface area (Å²) < 4.78 is 88.7. The molecule has 0 aliphatic carbocycles. The van der Waals surface area contributed by atoms with E-state index in [0.29, 0.717) is 0 Å². The normalized spacial score (nSPS) is 17.9. The lowest BCUT2D eigenvalue weighted by Gasteiger charge is -2.24. The van der Waals surface area contributed by atoms with Gasteiger partial charge in [-0.15, -0.1) is 0 Å². The van der Waals surface area contributed by atoms with Crippen LogP contribution >= 0.6 is 0 Å². The number of hydrazone groups is 1. The molecule has 0 spiro atoms. The topological polar surface area (TPSA) is 75.8 Å². The highest BCUT2D eigenvalue weighted by Crippen LogP contribution is 2.39. The molecule has 1 aliphatic rings. The van der Waals surface area contributed by atoms with Gasteiger partial charge in [0.15, 0.2) is 11.6 Å². The van der Waals surface area contributed by atoms with Crippen molar-refractivity contribution in [2.24, 2.45) is 10.2 Å². The first-order valence-electron chi connectivity index (χ1n) is 7.48. The summed E-state index contributed by atoms with van der Waals surface area (Å²) in [5.41, 5.74) is -0.864. The van der Waals surface area contributed by atoms with Gasteiger partial charge >= 0.3 is 6.18 Å². The van der Waals surface area contributed by atoms with Crippen molar-refractivity contribution in [2.45, 2.75) is 23.5 Å². The monoisotopic (exact) mass is 405 g/mol. The number of primary sulfonamides is 1. The van der Waals surface area contributed by atoms with Crippen LogP contribution in [0.25, 0.3) is 0 Å². The molecule has 2 N–H and O–H groups in total. The van der Waals surface area contributed by atoms with Crippen LogP contribution < -0.4 is 10.1 Å². The van der Waals surface area contributed by atoms with Gasteiger partial charge in [-0.25, -0.2) is 22.3 Å². The third-order valence-electron chi connectivity index (χ3n) is 4.00. The summed E-state index contributed by atoms with van der Waals surface area (Å²) in [6, 6.07) is 6.45. The van der Waals surface area contributed by atoms with Crippen LogP contribution in [0, 0.1) is 11.6 Å². The number of halogens is 5. The Kier molecular flexibility index (Phi) is 4.68. The molecule has 2 aromatic rings. The molecule has 2 aromatic carbocycles. The molecule has 0 fully saturated rings. The van der Waals surface area contributed by atoms with Crippen molar-refractivity contribution in [3.05, 3.63) is 59.7 Å². The predicted octanol–water partition coefficient (Wildman–Crippen LogP) is 3.48. The maximum absolute atomic E-state index is 13.5. The quantitative estimate of drug-likeness (QED) is 0.795. The minimum atomic E-state index is -4.70. The Balaban J connectivity index is 2.04. The van der Waals surface area contributed by atoms with Gasteiger partial charge in [-0.1, -0.05) is 6.07 Å². The summed E-state index contributed by atoms with van der Waals surface area (Å²) >= 11 is 0. The van der Waals surface area contributed by atoms with E-state index in [9.17, 15) is 30.4 Å². The van der Waals surface area contributed by atoms with E-state index in [2.05, 4.69) is 5.10 Å². The summed E-state index contributed by atoms with van der Waals surface area (Å²) in [6.07, 6.45) is -5.28. The lowest BCUT2D eigenvalue weighted by atomic mass is 10.0. The number of hydrogen-bond acceptors (Lipinski definition) is 4. The molecular formula is C16H12F5N3O2S. The van der Waals surface area contributed by atoms with Crippen molar-refractivity contribution in [1.29, 1.82) is 0 Å². The second kappa shape index (κ2) is 6.57. The maximum atomic E-state index is 13.5. The smallest absolute Gasteiger partial charge is 0.257 e. The molecule has 0 saturated carbocycles. The van der Waals surface area contributed by atoms with Gasteiger partial charge in [0, 0.05) is 6.42 Å². The summed E-state index contributed by atoms with van der Waals surface area (Å²) in [6.45, 7) is 0. The first-order chi connectivity index (χ1) is 12.5. The lowest BCUT2D eigenvalue weighted by Crippen LogP contribution is -2.21. The molecule has 144 valence electrons. The van der Waals surface area contributed by atoms with Crippen LogP contribution in [0.1, 0.15) is 18.0 Å². The zero-order valence-electron chi connectivity index (χ0n) is 13.4. The second-order valence-electron chi connectivity index (χ2n) is 5.82. The Hall–Kier alpha value is -2.53. The molecular weight excluding hydrogens is 393 g/mol. The van der Waals surface area contributed by atoms with E-state index < -0.39 is 46.0 Å². The van der Waals surface area contributed by atoms with Gasteiger partial charge in [-0.3, -0.25) is 5.01 Å². The minimum absolute atomic E-state index is 0.0902. The van der Waals surface area contributed by atoms with E-state index in [1.807, 2.05) is 0 Å². The highest BCUT2D eigenvalue weighted by Gasteiger charge is 2.43. The van der Waals surface area contributed by atoms with Gasteiger partial charge in [0.05, 0.1) is 16.6 Å². The molecule has 27 heavy (non-hydrogen) atoms. The van der Waals surface area contributed by atoms with E-state index in [-0.39, 0.29) is 16.1 Å². The average molecular weight is 405 g/mol. The van der Waals surface area contributed by atoms with Crippen LogP contribution in [0.2, 0.25) is 0 Å². The number of sulfonamides is 1. The molecule has 0 aromatic heterocycles. The first kappa shape index (κ1) is 19.2. The largest absolute Gasteiger partial charge is 0.431 e. The molecule has 0 bridgehead atoms. The Morgan fingerprint density at radius 1 is 1.04 bits per heavy atom. The highest BCUT2D eigenvalue weighted by molar-refractivity contribution is 7.89.